The number of aromatic nitrogens is 2. The third kappa shape index (κ3) is 4.17. The fourth-order valence-corrected chi connectivity index (χ4v) is 3.65. The van der Waals surface area contributed by atoms with Gasteiger partial charge in [0.05, 0.1) is 16.6 Å². The van der Waals surface area contributed by atoms with Gasteiger partial charge >= 0.3 is 0 Å². The van der Waals surface area contributed by atoms with Crippen LogP contribution in [0.4, 0.5) is 5.69 Å². The van der Waals surface area contributed by atoms with Crippen LogP contribution in [0.5, 0.6) is 0 Å². The Morgan fingerprint density at radius 2 is 1.67 bits per heavy atom. The van der Waals surface area contributed by atoms with Crippen molar-refractivity contribution < 1.29 is 4.79 Å². The van der Waals surface area contributed by atoms with E-state index in [0.717, 1.165) is 17.1 Å². The minimum atomic E-state index is -0.269. The number of hydrogen-bond donors (Lipinski definition) is 1. The van der Waals surface area contributed by atoms with Gasteiger partial charge in [-0.05, 0) is 31.5 Å². The van der Waals surface area contributed by atoms with Crippen LogP contribution < -0.4 is 10.9 Å². The summed E-state index contributed by atoms with van der Waals surface area (Å²) in [7, 11) is 1.81. The molecular formula is C21H23N3O2S. The second-order valence-electron chi connectivity index (χ2n) is 6.36. The van der Waals surface area contributed by atoms with Gasteiger partial charge in [-0.25, -0.2) is 4.68 Å². The van der Waals surface area contributed by atoms with Crippen LogP contribution >= 0.6 is 11.8 Å². The average Bonchev–Trinajstić information content (AvgIpc) is 2.90. The minimum absolute atomic E-state index is 0.165. The van der Waals surface area contributed by atoms with Gasteiger partial charge in [0.25, 0.3) is 5.56 Å². The quantitative estimate of drug-likeness (QED) is 0.708. The molecule has 0 radical (unpaired) electrons. The van der Waals surface area contributed by atoms with Crippen LogP contribution in [0.3, 0.4) is 0 Å². The molecule has 1 aromatic heterocycles. The molecule has 1 N–H and O–H groups in total. The number of nitrogens with zero attached hydrogens (tertiary/aromatic N) is 2. The van der Waals surface area contributed by atoms with Crippen molar-refractivity contribution in [2.45, 2.75) is 24.9 Å². The van der Waals surface area contributed by atoms with Crippen molar-refractivity contribution in [3.63, 3.8) is 0 Å². The number of hydrogen-bond acceptors (Lipinski definition) is 3. The van der Waals surface area contributed by atoms with E-state index in [-0.39, 0.29) is 16.7 Å². The molecule has 0 aliphatic rings. The largest absolute Gasteiger partial charge is 0.319 e. The van der Waals surface area contributed by atoms with Gasteiger partial charge in [0.15, 0.2) is 0 Å². The standard InChI is InChI=1S/C21H23N3O2S/c1-15-19(21(26)24(23(15)3)18-12-8-5-9-13-18)22-20(25)16(2)27-14-17-10-6-4-7-11-17/h4-13,16H,14H2,1-3H3,(H,22,25)/t16-/m0/s1. The number of para-hydroxylation sites is 1. The maximum Gasteiger partial charge on any atom is 0.295 e. The highest BCUT2D eigenvalue weighted by molar-refractivity contribution is 7.99. The molecule has 6 heteroatoms. The van der Waals surface area contributed by atoms with E-state index in [1.54, 1.807) is 21.1 Å². The first-order chi connectivity index (χ1) is 13.0. The van der Waals surface area contributed by atoms with Crippen molar-refractivity contribution >= 4 is 23.4 Å². The molecule has 1 atom stereocenters. The number of carbonyl (C=O) groups is 1. The zero-order valence-corrected chi connectivity index (χ0v) is 16.5. The van der Waals surface area contributed by atoms with Gasteiger partial charge in [-0.15, -0.1) is 11.8 Å². The first-order valence-electron chi connectivity index (χ1n) is 8.79. The summed E-state index contributed by atoms with van der Waals surface area (Å²) in [5, 5.41) is 2.56. The normalized spacial score (nSPS) is 12.0. The smallest absolute Gasteiger partial charge is 0.295 e. The van der Waals surface area contributed by atoms with Crippen molar-refractivity contribution in [1.82, 2.24) is 9.36 Å². The zero-order valence-electron chi connectivity index (χ0n) is 15.7. The fourth-order valence-electron chi connectivity index (χ4n) is 2.81. The second kappa shape index (κ2) is 8.31. The zero-order chi connectivity index (χ0) is 19.4. The Bertz CT molecular complexity index is 978. The van der Waals surface area contributed by atoms with Crippen molar-refractivity contribution in [3.8, 4) is 5.69 Å². The molecular weight excluding hydrogens is 358 g/mol. The van der Waals surface area contributed by atoms with Gasteiger partial charge in [-0.3, -0.25) is 14.3 Å². The molecule has 3 rings (SSSR count). The van der Waals surface area contributed by atoms with Crippen LogP contribution in [0.2, 0.25) is 0 Å². The SMILES string of the molecule is Cc1c(NC(=O)[C@H](C)SCc2ccccc2)c(=O)n(-c2ccccc2)n1C. The third-order valence-corrected chi connectivity index (χ3v) is 5.73. The first kappa shape index (κ1) is 19.0. The molecule has 0 bridgehead atoms. The Morgan fingerprint density at radius 1 is 1.07 bits per heavy atom. The van der Waals surface area contributed by atoms with Crippen LogP contribution in [-0.2, 0) is 17.6 Å². The lowest BCUT2D eigenvalue weighted by molar-refractivity contribution is -0.115. The highest BCUT2D eigenvalue weighted by Crippen LogP contribution is 2.20. The second-order valence-corrected chi connectivity index (χ2v) is 7.69. The topological polar surface area (TPSA) is 56.0 Å². The molecule has 3 aromatic rings. The number of rotatable bonds is 6. The third-order valence-electron chi connectivity index (χ3n) is 4.51. The van der Waals surface area contributed by atoms with Gasteiger partial charge in [0, 0.05) is 12.8 Å². The average molecular weight is 382 g/mol. The summed E-state index contributed by atoms with van der Waals surface area (Å²) in [6.45, 7) is 3.69. The van der Waals surface area contributed by atoms with E-state index in [2.05, 4.69) is 5.32 Å². The summed E-state index contributed by atoms with van der Waals surface area (Å²) in [5.41, 5.74) is 2.76. The van der Waals surface area contributed by atoms with Crippen molar-refractivity contribution in [2.24, 2.45) is 7.05 Å². The highest BCUT2D eigenvalue weighted by atomic mass is 32.2. The highest BCUT2D eigenvalue weighted by Gasteiger charge is 2.21. The predicted molar refractivity (Wildman–Crippen MR) is 112 cm³/mol. The lowest BCUT2D eigenvalue weighted by Crippen LogP contribution is -2.27. The van der Waals surface area contributed by atoms with Crippen LogP contribution in [0, 0.1) is 6.92 Å². The molecule has 140 valence electrons. The van der Waals surface area contributed by atoms with Crippen LogP contribution in [0.25, 0.3) is 5.69 Å². The fraction of sp³-hybridized carbons (Fsp3) is 0.238. The lowest BCUT2D eigenvalue weighted by Gasteiger charge is -2.11. The van der Waals surface area contributed by atoms with Crippen LogP contribution in [-0.4, -0.2) is 20.5 Å². The van der Waals surface area contributed by atoms with Crippen molar-refractivity contribution in [2.75, 3.05) is 5.32 Å². The Labute approximate surface area is 163 Å². The summed E-state index contributed by atoms with van der Waals surface area (Å²) in [6.07, 6.45) is 0. The first-order valence-corrected chi connectivity index (χ1v) is 9.84. The molecule has 0 fully saturated rings. The molecule has 5 nitrogen and oxygen atoms in total. The van der Waals surface area contributed by atoms with Gasteiger partial charge in [-0.1, -0.05) is 48.5 Å². The maximum absolute atomic E-state index is 12.9. The van der Waals surface area contributed by atoms with E-state index < -0.39 is 0 Å². The Balaban J connectivity index is 1.75. The monoisotopic (exact) mass is 381 g/mol. The number of thioether (sulfide) groups is 1. The van der Waals surface area contributed by atoms with E-state index in [9.17, 15) is 9.59 Å². The summed E-state index contributed by atoms with van der Waals surface area (Å²) >= 11 is 1.55. The molecule has 1 heterocycles. The van der Waals surface area contributed by atoms with Crippen molar-refractivity contribution in [3.05, 3.63) is 82.3 Å². The van der Waals surface area contributed by atoms with E-state index >= 15 is 0 Å². The Hall–Kier alpha value is -2.73. The lowest BCUT2D eigenvalue weighted by atomic mass is 10.2. The molecule has 0 unspecified atom stereocenters. The molecule has 0 aliphatic carbocycles. The summed E-state index contributed by atoms with van der Waals surface area (Å²) in [4.78, 5) is 25.5. The predicted octanol–water partition coefficient (Wildman–Crippen LogP) is 3.74. The molecule has 0 saturated carbocycles. The molecule has 2 aromatic carbocycles. The number of nitrogens with one attached hydrogen (secondary N) is 1. The molecule has 27 heavy (non-hydrogen) atoms. The van der Waals surface area contributed by atoms with E-state index in [0.29, 0.717) is 5.69 Å². The number of amides is 1. The summed E-state index contributed by atoms with van der Waals surface area (Å²) in [5.74, 6) is 0.583. The molecule has 0 saturated heterocycles. The summed E-state index contributed by atoms with van der Waals surface area (Å²) in [6, 6.07) is 19.4. The van der Waals surface area contributed by atoms with E-state index in [1.807, 2.05) is 81.6 Å². The van der Waals surface area contributed by atoms with E-state index in [1.165, 1.54) is 5.56 Å². The Morgan fingerprint density at radius 3 is 2.30 bits per heavy atom. The molecule has 0 spiro atoms. The van der Waals surface area contributed by atoms with Gasteiger partial charge in [0.2, 0.25) is 5.91 Å². The van der Waals surface area contributed by atoms with Gasteiger partial charge < -0.3 is 5.32 Å². The minimum Gasteiger partial charge on any atom is -0.319 e. The number of benzene rings is 2. The Kier molecular flexibility index (Phi) is 5.86. The van der Waals surface area contributed by atoms with Crippen molar-refractivity contribution in [1.29, 1.82) is 0 Å². The van der Waals surface area contributed by atoms with Gasteiger partial charge in [-0.2, -0.15) is 0 Å². The molecule has 1 amide bonds. The number of carbonyl (C=O) groups excluding carboxylic acids is 1. The molecule has 0 aliphatic heterocycles. The van der Waals surface area contributed by atoms with Gasteiger partial charge in [0.1, 0.15) is 5.69 Å². The van der Waals surface area contributed by atoms with Crippen LogP contribution in [0.1, 0.15) is 18.2 Å². The van der Waals surface area contributed by atoms with E-state index in [4.69, 9.17) is 0 Å². The maximum atomic E-state index is 12.9. The number of anilines is 1. The van der Waals surface area contributed by atoms with Crippen LogP contribution in [0.15, 0.2) is 65.5 Å². The summed E-state index contributed by atoms with van der Waals surface area (Å²) < 4.78 is 3.32.